The van der Waals surface area contributed by atoms with Crippen LogP contribution in [0.3, 0.4) is 0 Å². The molecule has 1 radical (unpaired) electrons. The van der Waals surface area contributed by atoms with Gasteiger partial charge in [-0.1, -0.05) is 0 Å². The molecule has 0 unspecified atom stereocenters. The van der Waals surface area contributed by atoms with Crippen molar-refractivity contribution in [2.45, 2.75) is 0 Å². The highest BCUT2D eigenvalue weighted by molar-refractivity contribution is 5.75. The summed E-state index contributed by atoms with van der Waals surface area (Å²) in [7, 11) is 1.54. The fourth-order valence-electron chi connectivity index (χ4n) is 0.123. The lowest BCUT2D eigenvalue weighted by atomic mass is 10.7. The van der Waals surface area contributed by atoms with Crippen LogP contribution in [-0.4, -0.2) is 18.1 Å². The summed E-state index contributed by atoms with van der Waals surface area (Å²) in [6.07, 6.45) is 0. The van der Waals surface area contributed by atoms with Gasteiger partial charge in [-0.05, 0) is 7.05 Å². The molecule has 0 rings (SSSR count). The molecule has 0 atom stereocenters. The number of likely N-dealkylation sites (N-methyl/N-ethyl adjacent to an activating group) is 1. The average molecular weight is 88.1 g/mol. The Hall–Kier alpha value is -0.570. The lowest BCUT2D eigenvalue weighted by molar-refractivity contribution is -0.133. The highest BCUT2D eigenvalue weighted by Crippen LogP contribution is 1.60. The van der Waals surface area contributed by atoms with Gasteiger partial charge in [-0.3, -0.25) is 4.79 Å². The molecule has 0 fully saturated rings. The Morgan fingerprint density at radius 3 is 2.50 bits per heavy atom. The number of hydrogen-bond donors (Lipinski definition) is 2. The molecule has 0 amide bonds. The molecule has 0 heterocycles. The summed E-state index contributed by atoms with van der Waals surface area (Å²) in [6, 6.07) is 0. The number of carboxylic acids is 1. The number of rotatable bonds is 2. The van der Waals surface area contributed by atoms with E-state index in [1.165, 1.54) is 7.05 Å². The van der Waals surface area contributed by atoms with Crippen molar-refractivity contribution in [2.75, 3.05) is 7.05 Å². The van der Waals surface area contributed by atoms with Crippen LogP contribution < -0.4 is 5.32 Å². The first-order chi connectivity index (χ1) is 2.77. The second-order valence-electron chi connectivity index (χ2n) is 0.771. The van der Waals surface area contributed by atoms with Gasteiger partial charge in [0.2, 0.25) is 0 Å². The van der Waals surface area contributed by atoms with E-state index in [-0.39, 0.29) is 0 Å². The number of carbonyl (C=O) groups is 1. The Balaban J connectivity index is 2.83. The molecular weight excluding hydrogens is 82.0 g/mol. The van der Waals surface area contributed by atoms with E-state index < -0.39 is 5.97 Å². The molecule has 2 N–H and O–H groups in total. The zero-order valence-corrected chi connectivity index (χ0v) is 3.43. The molecule has 0 aliphatic carbocycles. The quantitative estimate of drug-likeness (QED) is 0.476. The molecule has 0 aromatic carbocycles. The second-order valence-corrected chi connectivity index (χ2v) is 0.771. The second kappa shape index (κ2) is 2.66. The van der Waals surface area contributed by atoms with Gasteiger partial charge in [0.1, 0.15) is 6.54 Å². The first-order valence-corrected chi connectivity index (χ1v) is 1.51. The van der Waals surface area contributed by atoms with Crippen LogP contribution in [0.1, 0.15) is 0 Å². The molecule has 0 aliphatic rings. The van der Waals surface area contributed by atoms with Gasteiger partial charge in [0.15, 0.2) is 0 Å². The van der Waals surface area contributed by atoms with E-state index in [1.54, 1.807) is 0 Å². The fraction of sp³-hybridized carbons (Fsp3) is 0.333. The first-order valence-electron chi connectivity index (χ1n) is 1.51. The molecule has 0 saturated heterocycles. The van der Waals surface area contributed by atoms with Crippen molar-refractivity contribution in [1.82, 2.24) is 5.32 Å². The maximum atomic E-state index is 9.48. The van der Waals surface area contributed by atoms with Crippen LogP contribution in [-0.2, 0) is 4.79 Å². The molecule has 3 heteroatoms. The van der Waals surface area contributed by atoms with Gasteiger partial charge in [-0.2, -0.15) is 0 Å². The van der Waals surface area contributed by atoms with Gasteiger partial charge in [0.25, 0.3) is 0 Å². The lowest BCUT2D eigenvalue weighted by Crippen LogP contribution is -2.09. The number of carboxylic acid groups (broad SMARTS) is 1. The molecular formula is C3H6NO2. The Morgan fingerprint density at radius 1 is 2.00 bits per heavy atom. The molecule has 0 aromatic rings. The molecule has 0 saturated carbocycles. The zero-order chi connectivity index (χ0) is 4.99. The monoisotopic (exact) mass is 88.0 g/mol. The van der Waals surface area contributed by atoms with Crippen molar-refractivity contribution in [2.24, 2.45) is 0 Å². The zero-order valence-electron chi connectivity index (χ0n) is 3.43. The van der Waals surface area contributed by atoms with E-state index in [2.05, 4.69) is 5.32 Å². The third-order valence-electron chi connectivity index (χ3n) is 0.268. The van der Waals surface area contributed by atoms with Crippen molar-refractivity contribution < 1.29 is 9.90 Å². The summed E-state index contributed by atoms with van der Waals surface area (Å²) in [4.78, 5) is 9.48. The third kappa shape index (κ3) is 3.43. The average Bonchev–Trinajstić information content (AvgIpc) is 1.35. The number of hydrogen-bond acceptors (Lipinski definition) is 2. The van der Waals surface area contributed by atoms with Crippen molar-refractivity contribution >= 4 is 5.97 Å². The van der Waals surface area contributed by atoms with E-state index in [0.29, 0.717) is 0 Å². The van der Waals surface area contributed by atoms with Crippen LogP contribution in [0.5, 0.6) is 0 Å². The van der Waals surface area contributed by atoms with E-state index in [9.17, 15) is 4.79 Å². The molecule has 0 aliphatic heterocycles. The van der Waals surface area contributed by atoms with Crippen molar-refractivity contribution in [3.63, 3.8) is 0 Å². The van der Waals surface area contributed by atoms with Crippen LogP contribution in [0.2, 0.25) is 0 Å². The van der Waals surface area contributed by atoms with Crippen LogP contribution in [0, 0.1) is 6.54 Å². The SMILES string of the molecule is CN[CH]C(=O)O. The minimum Gasteiger partial charge on any atom is -0.480 e. The van der Waals surface area contributed by atoms with E-state index >= 15 is 0 Å². The highest BCUT2D eigenvalue weighted by Gasteiger charge is 1.87. The Bertz CT molecular complexity index is 52.8. The molecule has 0 aromatic heterocycles. The minimum absolute atomic E-state index is 0.947. The lowest BCUT2D eigenvalue weighted by Gasteiger charge is -1.82. The molecule has 0 bridgehead atoms. The smallest absolute Gasteiger partial charge is 0.322 e. The Kier molecular flexibility index (Phi) is 2.40. The summed E-state index contributed by atoms with van der Waals surface area (Å²) >= 11 is 0. The van der Waals surface area contributed by atoms with Gasteiger partial charge in [-0.15, -0.1) is 0 Å². The number of aliphatic carboxylic acids is 1. The summed E-state index contributed by atoms with van der Waals surface area (Å²) in [5.41, 5.74) is 0. The normalized spacial score (nSPS) is 8.17. The third-order valence-corrected chi connectivity index (χ3v) is 0.268. The predicted molar refractivity (Wildman–Crippen MR) is 21.0 cm³/mol. The Labute approximate surface area is 36.0 Å². The van der Waals surface area contributed by atoms with Crippen molar-refractivity contribution in [1.29, 1.82) is 0 Å². The van der Waals surface area contributed by atoms with Gasteiger partial charge in [0.05, 0.1) is 0 Å². The van der Waals surface area contributed by atoms with E-state index in [1.807, 2.05) is 0 Å². The number of nitrogens with one attached hydrogen (secondary N) is 1. The summed E-state index contributed by atoms with van der Waals surface area (Å²) in [5.74, 6) is -0.947. The van der Waals surface area contributed by atoms with Gasteiger partial charge >= 0.3 is 5.97 Å². The minimum atomic E-state index is -0.947. The van der Waals surface area contributed by atoms with Gasteiger partial charge in [-0.25, -0.2) is 0 Å². The Morgan fingerprint density at radius 2 is 2.50 bits per heavy atom. The van der Waals surface area contributed by atoms with Crippen LogP contribution in [0.25, 0.3) is 0 Å². The standard InChI is InChI=1S/C3H6NO2/c1-4-2-3(5)6/h2,4H,1H3,(H,5,6). The van der Waals surface area contributed by atoms with E-state index in [0.717, 1.165) is 6.54 Å². The first kappa shape index (κ1) is 5.43. The van der Waals surface area contributed by atoms with Crippen LogP contribution in [0.15, 0.2) is 0 Å². The van der Waals surface area contributed by atoms with Crippen LogP contribution in [0.4, 0.5) is 0 Å². The van der Waals surface area contributed by atoms with E-state index in [4.69, 9.17) is 5.11 Å². The largest absolute Gasteiger partial charge is 0.480 e. The summed E-state index contributed by atoms with van der Waals surface area (Å²) < 4.78 is 0. The maximum absolute atomic E-state index is 9.48. The molecule has 0 spiro atoms. The van der Waals surface area contributed by atoms with Gasteiger partial charge < -0.3 is 10.4 Å². The van der Waals surface area contributed by atoms with Crippen molar-refractivity contribution in [3.8, 4) is 0 Å². The maximum Gasteiger partial charge on any atom is 0.322 e. The molecule has 3 nitrogen and oxygen atoms in total. The topological polar surface area (TPSA) is 49.3 Å². The summed E-state index contributed by atoms with van der Waals surface area (Å²) in [6.45, 7) is 0.958. The fourth-order valence-corrected chi connectivity index (χ4v) is 0.123. The highest BCUT2D eigenvalue weighted by atomic mass is 16.4. The van der Waals surface area contributed by atoms with Crippen LogP contribution >= 0.6 is 0 Å². The molecule has 35 valence electrons. The van der Waals surface area contributed by atoms with Crippen molar-refractivity contribution in [3.05, 3.63) is 6.54 Å². The molecule has 6 heavy (non-hydrogen) atoms. The van der Waals surface area contributed by atoms with Gasteiger partial charge in [0, 0.05) is 0 Å². The summed E-state index contributed by atoms with van der Waals surface area (Å²) in [5, 5.41) is 10.1. The predicted octanol–water partition coefficient (Wildman–Crippen LogP) is -0.548.